The molecule has 6 nitrogen and oxygen atoms in total. The Morgan fingerprint density at radius 1 is 1.10 bits per heavy atom. The number of benzene rings is 2. The molecule has 0 spiro atoms. The van der Waals surface area contributed by atoms with Gasteiger partial charge in [0.05, 0.1) is 6.17 Å². The van der Waals surface area contributed by atoms with Crippen LogP contribution in [0.15, 0.2) is 60.8 Å². The lowest BCUT2D eigenvalue weighted by Gasteiger charge is -2.35. The van der Waals surface area contributed by atoms with Gasteiger partial charge in [0.2, 0.25) is 11.8 Å². The molecule has 0 saturated carbocycles. The predicted octanol–water partition coefficient (Wildman–Crippen LogP) is 3.45. The summed E-state index contributed by atoms with van der Waals surface area (Å²) in [4.78, 5) is 29.9. The van der Waals surface area contributed by atoms with Crippen molar-refractivity contribution in [1.29, 1.82) is 0 Å². The summed E-state index contributed by atoms with van der Waals surface area (Å²) in [5.74, 6) is -0.575. The van der Waals surface area contributed by atoms with Crippen molar-refractivity contribution in [3.63, 3.8) is 0 Å². The van der Waals surface area contributed by atoms with Crippen molar-refractivity contribution >= 4 is 28.8 Å². The van der Waals surface area contributed by atoms with E-state index in [1.54, 1.807) is 12.1 Å². The summed E-state index contributed by atoms with van der Waals surface area (Å²) >= 11 is 0. The summed E-state index contributed by atoms with van der Waals surface area (Å²) in [6.07, 6.45) is 9.29. The smallest absolute Gasteiger partial charge is 0.248 e. The zero-order valence-corrected chi connectivity index (χ0v) is 17.5. The van der Waals surface area contributed by atoms with Crippen molar-refractivity contribution in [3.05, 3.63) is 77.5 Å². The van der Waals surface area contributed by atoms with Crippen molar-refractivity contribution in [2.45, 2.75) is 31.8 Å². The maximum Gasteiger partial charge on any atom is 0.248 e. The van der Waals surface area contributed by atoms with Gasteiger partial charge >= 0.3 is 0 Å². The Balaban J connectivity index is 1.49. The number of hydrogen-bond donors (Lipinski definition) is 3. The number of aromatic amines is 1. The van der Waals surface area contributed by atoms with E-state index in [2.05, 4.69) is 15.2 Å². The number of hydrogen-bond acceptors (Lipinski definition) is 3. The van der Waals surface area contributed by atoms with Crippen molar-refractivity contribution in [2.75, 3.05) is 13.1 Å². The Morgan fingerprint density at radius 3 is 2.71 bits per heavy atom. The minimum Gasteiger partial charge on any atom is -0.366 e. The quantitative estimate of drug-likeness (QED) is 0.515. The van der Waals surface area contributed by atoms with Gasteiger partial charge in [0.25, 0.3) is 0 Å². The van der Waals surface area contributed by atoms with E-state index in [1.165, 1.54) is 6.42 Å². The second-order valence-electron chi connectivity index (χ2n) is 8.01. The van der Waals surface area contributed by atoms with E-state index in [9.17, 15) is 9.59 Å². The van der Waals surface area contributed by atoms with Crippen molar-refractivity contribution in [2.24, 2.45) is 5.73 Å². The minimum absolute atomic E-state index is 0.132. The second kappa shape index (κ2) is 9.62. The van der Waals surface area contributed by atoms with Crippen LogP contribution in [-0.2, 0) is 11.2 Å². The molecule has 1 fully saturated rings. The lowest BCUT2D eigenvalue weighted by molar-refractivity contribution is -0.118. The molecule has 1 unspecified atom stereocenters. The molecule has 160 valence electrons. The normalized spacial score (nSPS) is 15.9. The summed E-state index contributed by atoms with van der Waals surface area (Å²) in [5, 5.41) is 4.25. The monoisotopic (exact) mass is 416 g/mol. The van der Waals surface area contributed by atoms with Gasteiger partial charge in [0.15, 0.2) is 0 Å². The molecule has 1 aliphatic heterocycles. The van der Waals surface area contributed by atoms with Crippen LogP contribution in [-0.4, -0.2) is 41.0 Å². The number of aromatic nitrogens is 1. The highest BCUT2D eigenvalue weighted by atomic mass is 16.2. The highest BCUT2D eigenvalue weighted by Crippen LogP contribution is 2.19. The molecule has 0 radical (unpaired) electrons. The van der Waals surface area contributed by atoms with Gasteiger partial charge in [-0.15, -0.1) is 0 Å². The van der Waals surface area contributed by atoms with Crippen LogP contribution in [0.25, 0.3) is 17.0 Å². The van der Waals surface area contributed by atoms with Crippen LogP contribution >= 0.6 is 0 Å². The lowest BCUT2D eigenvalue weighted by atomic mass is 10.0. The molecule has 1 aliphatic rings. The molecule has 2 amide bonds. The van der Waals surface area contributed by atoms with Crippen LogP contribution in [0.2, 0.25) is 0 Å². The fraction of sp³-hybridized carbons (Fsp3) is 0.280. The number of H-pyrrole nitrogens is 1. The first-order valence-electron chi connectivity index (χ1n) is 10.8. The third-order valence-electron chi connectivity index (χ3n) is 5.82. The van der Waals surface area contributed by atoms with Crippen molar-refractivity contribution < 1.29 is 9.59 Å². The molecule has 1 saturated heterocycles. The number of carbonyl (C=O) groups is 2. The Labute approximate surface area is 182 Å². The molecule has 1 aromatic heterocycles. The van der Waals surface area contributed by atoms with Crippen LogP contribution in [0.4, 0.5) is 0 Å². The largest absolute Gasteiger partial charge is 0.366 e. The fourth-order valence-corrected chi connectivity index (χ4v) is 4.19. The van der Waals surface area contributed by atoms with Gasteiger partial charge in [-0.1, -0.05) is 36.8 Å². The number of rotatable bonds is 7. The lowest BCUT2D eigenvalue weighted by Crippen LogP contribution is -2.51. The van der Waals surface area contributed by atoms with Gasteiger partial charge in [-0.05, 0) is 48.2 Å². The maximum atomic E-state index is 12.8. The van der Waals surface area contributed by atoms with E-state index >= 15 is 0 Å². The molecule has 0 aliphatic carbocycles. The van der Waals surface area contributed by atoms with E-state index in [0.717, 1.165) is 48.0 Å². The maximum absolute atomic E-state index is 12.8. The Bertz CT molecular complexity index is 1100. The summed E-state index contributed by atoms with van der Waals surface area (Å²) in [6, 6.07) is 15.3. The standard InChI is InChI=1S/C25H28N4O2/c26-25(31)19-8-6-7-18(15-19)16-23(29-13-4-1-5-14-29)28-24(30)12-11-20-17-27-22-10-3-2-9-21(20)22/h2-3,6-12,15,17,23,27H,1,4-5,13-14,16H2,(H2,26,31)(H,28,30). The van der Waals surface area contributed by atoms with Crippen LogP contribution in [0, 0.1) is 0 Å². The molecule has 1 atom stereocenters. The SMILES string of the molecule is NC(=O)c1cccc(CC(NC(=O)C=Cc2c[nH]c3ccccc23)N2CCCCC2)c1. The first kappa shape index (κ1) is 20.9. The number of likely N-dealkylation sites (tertiary alicyclic amines) is 1. The highest BCUT2D eigenvalue weighted by molar-refractivity contribution is 5.96. The predicted molar refractivity (Wildman–Crippen MR) is 123 cm³/mol. The second-order valence-corrected chi connectivity index (χ2v) is 8.01. The number of carbonyl (C=O) groups excluding carboxylic acids is 2. The molecular formula is C25H28N4O2. The van der Waals surface area contributed by atoms with E-state index in [4.69, 9.17) is 5.73 Å². The number of nitrogens with one attached hydrogen (secondary N) is 2. The number of primary amides is 1. The van der Waals surface area contributed by atoms with Gasteiger partial charge in [-0.25, -0.2) is 0 Å². The first-order chi connectivity index (χ1) is 15.1. The summed E-state index contributed by atoms with van der Waals surface area (Å²) in [7, 11) is 0. The summed E-state index contributed by atoms with van der Waals surface area (Å²) in [6.45, 7) is 1.90. The zero-order chi connectivity index (χ0) is 21.6. The molecule has 31 heavy (non-hydrogen) atoms. The average Bonchev–Trinajstić information content (AvgIpc) is 3.21. The van der Waals surface area contributed by atoms with Gasteiger partial charge < -0.3 is 16.0 Å². The number of nitrogens with zero attached hydrogens (tertiary/aromatic N) is 1. The third-order valence-corrected chi connectivity index (χ3v) is 5.82. The van der Waals surface area contributed by atoms with Gasteiger partial charge in [0.1, 0.15) is 0 Å². The van der Waals surface area contributed by atoms with E-state index in [-0.39, 0.29) is 12.1 Å². The number of para-hydroxylation sites is 1. The van der Waals surface area contributed by atoms with Crippen LogP contribution in [0.5, 0.6) is 0 Å². The highest BCUT2D eigenvalue weighted by Gasteiger charge is 2.22. The van der Waals surface area contributed by atoms with Gasteiger partial charge in [-0.3, -0.25) is 14.5 Å². The van der Waals surface area contributed by atoms with Crippen LogP contribution < -0.4 is 11.1 Å². The number of amides is 2. The van der Waals surface area contributed by atoms with E-state index < -0.39 is 5.91 Å². The first-order valence-corrected chi connectivity index (χ1v) is 10.8. The van der Waals surface area contributed by atoms with Crippen molar-refractivity contribution in [1.82, 2.24) is 15.2 Å². The van der Waals surface area contributed by atoms with Crippen LogP contribution in [0.1, 0.15) is 40.7 Å². The molecular weight excluding hydrogens is 388 g/mol. The fourth-order valence-electron chi connectivity index (χ4n) is 4.19. The van der Waals surface area contributed by atoms with E-state index in [0.29, 0.717) is 12.0 Å². The van der Waals surface area contributed by atoms with Crippen LogP contribution in [0.3, 0.4) is 0 Å². The van der Waals surface area contributed by atoms with E-state index in [1.807, 2.05) is 54.7 Å². The van der Waals surface area contributed by atoms with Gasteiger partial charge in [0, 0.05) is 48.2 Å². The molecule has 4 N–H and O–H groups in total. The number of piperidine rings is 1. The molecule has 6 heteroatoms. The molecule has 2 aromatic carbocycles. The number of nitrogens with two attached hydrogens (primary N) is 1. The molecule has 3 aromatic rings. The van der Waals surface area contributed by atoms with Crippen molar-refractivity contribution in [3.8, 4) is 0 Å². The number of fused-ring (bicyclic) bond motifs is 1. The average molecular weight is 417 g/mol. The van der Waals surface area contributed by atoms with Gasteiger partial charge in [-0.2, -0.15) is 0 Å². The third kappa shape index (κ3) is 5.22. The molecule has 4 rings (SSSR count). The Hall–Kier alpha value is -3.38. The topological polar surface area (TPSA) is 91.2 Å². The Morgan fingerprint density at radius 2 is 1.90 bits per heavy atom. The molecule has 0 bridgehead atoms. The Kier molecular flexibility index (Phi) is 6.48. The summed E-state index contributed by atoms with van der Waals surface area (Å²) in [5.41, 5.74) is 8.92. The minimum atomic E-state index is -0.443. The molecule has 2 heterocycles. The zero-order valence-electron chi connectivity index (χ0n) is 17.5. The summed E-state index contributed by atoms with van der Waals surface area (Å²) < 4.78 is 0.